The highest BCUT2D eigenvalue weighted by molar-refractivity contribution is 6.31. The van der Waals surface area contributed by atoms with Crippen LogP contribution in [0.1, 0.15) is 75.3 Å². The zero-order valence-electron chi connectivity index (χ0n) is 24.1. The molecule has 0 amide bonds. The van der Waals surface area contributed by atoms with Gasteiger partial charge in [-0.1, -0.05) is 36.6 Å². The Morgan fingerprint density at radius 3 is 2.76 bits per heavy atom. The van der Waals surface area contributed by atoms with Gasteiger partial charge in [0.1, 0.15) is 5.65 Å². The fourth-order valence-electron chi connectivity index (χ4n) is 6.18. The van der Waals surface area contributed by atoms with Crippen LogP contribution in [-0.2, 0) is 6.42 Å². The summed E-state index contributed by atoms with van der Waals surface area (Å²) in [5, 5.41) is 8.63. The fourth-order valence-corrected chi connectivity index (χ4v) is 6.42. The molecule has 4 aromatic rings. The van der Waals surface area contributed by atoms with Crippen molar-refractivity contribution < 1.29 is 4.39 Å². The van der Waals surface area contributed by atoms with Gasteiger partial charge < -0.3 is 21.9 Å². The van der Waals surface area contributed by atoms with E-state index in [0.717, 1.165) is 56.2 Å². The molecule has 1 saturated carbocycles. The molecule has 5 rings (SSSR count). The van der Waals surface area contributed by atoms with Crippen LogP contribution >= 0.6 is 11.6 Å². The number of aromatic amines is 1. The van der Waals surface area contributed by atoms with Crippen LogP contribution in [0.25, 0.3) is 28.0 Å². The first-order valence-electron chi connectivity index (χ1n) is 14.9. The topological polar surface area (TPSA) is 127 Å². The van der Waals surface area contributed by atoms with Gasteiger partial charge in [-0.15, -0.1) is 0 Å². The molecule has 1 aliphatic rings. The van der Waals surface area contributed by atoms with Gasteiger partial charge in [-0.2, -0.15) is 4.98 Å². The maximum absolute atomic E-state index is 15.1. The lowest BCUT2D eigenvalue weighted by Crippen LogP contribution is -2.20. The third-order valence-corrected chi connectivity index (χ3v) is 8.81. The van der Waals surface area contributed by atoms with E-state index in [-0.39, 0.29) is 11.1 Å². The number of hydrogen-bond donors (Lipinski definition) is 4. The molecule has 2 heterocycles. The molecule has 222 valence electrons. The molecule has 0 spiro atoms. The molecule has 2 aromatic carbocycles. The summed E-state index contributed by atoms with van der Waals surface area (Å²) in [6.07, 6.45) is 10.7. The summed E-state index contributed by atoms with van der Waals surface area (Å²) in [6, 6.07) is 13.5. The van der Waals surface area contributed by atoms with E-state index in [0.29, 0.717) is 46.4 Å². The maximum Gasteiger partial charge on any atom is 0.354 e. The van der Waals surface area contributed by atoms with E-state index < -0.39 is 11.5 Å². The first kappa shape index (κ1) is 30.1. The van der Waals surface area contributed by atoms with Crippen LogP contribution in [0, 0.1) is 17.1 Å². The van der Waals surface area contributed by atoms with Crippen molar-refractivity contribution >= 4 is 28.3 Å². The third kappa shape index (κ3) is 7.00. The molecular weight excluding hydrogens is 551 g/mol. The minimum Gasteiger partial charge on any atom is -0.339 e. The molecule has 0 bridgehead atoms. The number of rotatable bonds is 11. The summed E-state index contributed by atoms with van der Waals surface area (Å²) in [5.74, 6) is 0.584. The smallest absolute Gasteiger partial charge is 0.339 e. The average molecular weight is 591 g/mol. The number of aryl methyl sites for hydroxylation is 1. The second-order valence-corrected chi connectivity index (χ2v) is 12.3. The molecule has 0 saturated heterocycles. The molecule has 42 heavy (non-hydrogen) atoms. The van der Waals surface area contributed by atoms with Gasteiger partial charge in [-0.25, -0.2) is 9.18 Å². The molecule has 6 N–H and O–H groups in total. The Hall–Kier alpha value is -3.33. The highest BCUT2D eigenvalue weighted by atomic mass is 35.5. The molecule has 2 aromatic heterocycles. The summed E-state index contributed by atoms with van der Waals surface area (Å²) in [5.41, 5.74) is 15.9. The average Bonchev–Trinajstić information content (AvgIpc) is 3.39. The maximum atomic E-state index is 15.1. The van der Waals surface area contributed by atoms with Crippen LogP contribution < -0.4 is 17.2 Å². The first-order chi connectivity index (χ1) is 20.2. The van der Waals surface area contributed by atoms with Crippen molar-refractivity contribution in [2.75, 3.05) is 6.54 Å². The van der Waals surface area contributed by atoms with Gasteiger partial charge in [0.15, 0.2) is 5.82 Å². The number of fused-ring (bicyclic) bond motifs is 1. The van der Waals surface area contributed by atoms with Crippen molar-refractivity contribution in [3.8, 4) is 16.9 Å². The van der Waals surface area contributed by atoms with Crippen molar-refractivity contribution in [1.29, 1.82) is 5.41 Å². The Morgan fingerprint density at radius 2 is 2.02 bits per heavy atom. The van der Waals surface area contributed by atoms with Crippen LogP contribution in [0.5, 0.6) is 0 Å². The number of nitrogens with zero attached hydrogens (tertiary/aromatic N) is 2. The van der Waals surface area contributed by atoms with Crippen molar-refractivity contribution in [3.63, 3.8) is 0 Å². The van der Waals surface area contributed by atoms with E-state index in [1.54, 1.807) is 24.4 Å². The Morgan fingerprint density at radius 1 is 1.24 bits per heavy atom. The largest absolute Gasteiger partial charge is 0.354 e. The molecule has 0 unspecified atom stereocenters. The van der Waals surface area contributed by atoms with Gasteiger partial charge >= 0.3 is 5.69 Å². The highest BCUT2D eigenvalue weighted by Gasteiger charge is 2.23. The summed E-state index contributed by atoms with van der Waals surface area (Å²) < 4.78 is 16.6. The van der Waals surface area contributed by atoms with E-state index in [9.17, 15) is 4.79 Å². The van der Waals surface area contributed by atoms with Gasteiger partial charge in [0, 0.05) is 35.4 Å². The molecule has 7 nitrogen and oxygen atoms in total. The molecule has 0 aliphatic heterocycles. The van der Waals surface area contributed by atoms with E-state index in [1.165, 1.54) is 23.0 Å². The van der Waals surface area contributed by atoms with Crippen LogP contribution in [-0.4, -0.2) is 32.8 Å². The minimum atomic E-state index is -0.507. The van der Waals surface area contributed by atoms with Gasteiger partial charge in [0.25, 0.3) is 0 Å². The number of aromatic nitrogens is 3. The van der Waals surface area contributed by atoms with Crippen molar-refractivity contribution in [3.05, 3.63) is 81.1 Å². The minimum absolute atomic E-state index is 0.0638. The quantitative estimate of drug-likeness (QED) is 0.142. The Kier molecular flexibility index (Phi) is 9.56. The summed E-state index contributed by atoms with van der Waals surface area (Å²) in [7, 11) is 0. The number of nitrogens with one attached hydrogen (secondary N) is 2. The molecule has 3 atom stereocenters. The summed E-state index contributed by atoms with van der Waals surface area (Å²) in [6.45, 7) is 2.31. The second kappa shape index (κ2) is 13.3. The molecule has 0 radical (unpaired) electrons. The number of halogens is 2. The Bertz CT molecular complexity index is 1610. The molecule has 9 heteroatoms. The van der Waals surface area contributed by atoms with E-state index in [2.05, 4.69) is 22.1 Å². The predicted octanol–water partition coefficient (Wildman–Crippen LogP) is 6.88. The van der Waals surface area contributed by atoms with Gasteiger partial charge in [-0.3, -0.25) is 4.57 Å². The molecule has 1 fully saturated rings. The normalized spacial score (nSPS) is 17.9. The lowest BCUT2D eigenvalue weighted by Gasteiger charge is -2.29. The van der Waals surface area contributed by atoms with E-state index in [1.807, 2.05) is 19.1 Å². The molecular formula is C33H40ClFN6O. The number of nitrogens with two attached hydrogens (primary N) is 2. The van der Waals surface area contributed by atoms with Crippen LogP contribution in [0.3, 0.4) is 0 Å². The monoisotopic (exact) mass is 590 g/mol. The standard InChI is InChI=1S/C33H40ClFN6O/c1-20(37)4-2-6-22-15-28(31(35)29(34)16-22)30-17-25-19-41(33(42)40-32(25)39-30)27-12-9-23(10-13-27)24-7-3-5-21(14-24)8-11-26(38)18-36/h9-10,12-13,15-17,19-21,24,38H,2-8,11,14,18,36-37H2,1H3,(H,39,40,42)/t20-,21-,24+/m0/s1. The fraction of sp³-hybridized carbons (Fsp3) is 0.424. The van der Waals surface area contributed by atoms with Gasteiger partial charge in [0.05, 0.1) is 16.4 Å². The van der Waals surface area contributed by atoms with E-state index in [4.69, 9.17) is 28.5 Å². The zero-order valence-corrected chi connectivity index (χ0v) is 24.9. The third-order valence-electron chi connectivity index (χ3n) is 8.54. The summed E-state index contributed by atoms with van der Waals surface area (Å²) >= 11 is 6.25. The van der Waals surface area contributed by atoms with Crippen molar-refractivity contribution in [2.45, 2.75) is 76.7 Å². The van der Waals surface area contributed by atoms with Crippen LogP contribution in [0.2, 0.25) is 5.02 Å². The lowest BCUT2D eigenvalue weighted by molar-refractivity contribution is 0.309. The zero-order chi connectivity index (χ0) is 29.8. The Balaban J connectivity index is 1.35. The number of benzene rings is 2. The van der Waals surface area contributed by atoms with Crippen LogP contribution in [0.15, 0.2) is 53.5 Å². The summed E-state index contributed by atoms with van der Waals surface area (Å²) in [4.78, 5) is 20.4. The SMILES string of the molecule is C[C@H](N)CCCc1cc(Cl)c(F)c(-c2cc3cn(-c4ccc([C@@H]5CCC[C@@H](CCC(=N)CN)C5)cc4)c(=O)nc3[nH]2)c1. The van der Waals surface area contributed by atoms with Gasteiger partial charge in [0.2, 0.25) is 0 Å². The highest BCUT2D eigenvalue weighted by Crippen LogP contribution is 2.38. The van der Waals surface area contributed by atoms with E-state index >= 15 is 4.39 Å². The van der Waals surface area contributed by atoms with Crippen molar-refractivity contribution in [1.82, 2.24) is 14.5 Å². The Labute approximate surface area is 251 Å². The molecule has 1 aliphatic carbocycles. The number of H-pyrrole nitrogens is 1. The first-order valence-corrected chi connectivity index (χ1v) is 15.3. The lowest BCUT2D eigenvalue weighted by atomic mass is 9.76. The second-order valence-electron chi connectivity index (χ2n) is 11.9. The van der Waals surface area contributed by atoms with Gasteiger partial charge in [-0.05, 0) is 105 Å². The number of hydrogen-bond acceptors (Lipinski definition) is 5. The van der Waals surface area contributed by atoms with Crippen molar-refractivity contribution in [2.24, 2.45) is 17.4 Å². The predicted molar refractivity (Wildman–Crippen MR) is 169 cm³/mol. The van der Waals surface area contributed by atoms with Crippen LogP contribution in [0.4, 0.5) is 4.39 Å².